The van der Waals surface area contributed by atoms with Crippen molar-refractivity contribution in [3.63, 3.8) is 0 Å². The van der Waals surface area contributed by atoms with Crippen LogP contribution < -0.4 is 0 Å². The zero-order chi connectivity index (χ0) is 16.6. The van der Waals surface area contributed by atoms with E-state index >= 15 is 0 Å². The van der Waals surface area contributed by atoms with Crippen LogP contribution in [0.25, 0.3) is 10.6 Å². The molecule has 120 valence electrons. The molecule has 1 fully saturated rings. The molecule has 1 aliphatic rings. The fraction of sp³-hybridized carbons (Fsp3) is 0.312. The van der Waals surface area contributed by atoms with Gasteiger partial charge in [-0.3, -0.25) is 9.59 Å². The second-order valence-electron chi connectivity index (χ2n) is 5.68. The fourth-order valence-corrected chi connectivity index (χ4v) is 3.64. The molecule has 2 aromatic rings. The molecule has 0 aliphatic carbocycles. The lowest BCUT2D eigenvalue weighted by molar-refractivity contribution is -0.142. The van der Waals surface area contributed by atoms with Crippen LogP contribution in [0.1, 0.15) is 17.4 Å². The van der Waals surface area contributed by atoms with E-state index in [0.717, 1.165) is 10.6 Å². The molecule has 0 saturated carbocycles. The summed E-state index contributed by atoms with van der Waals surface area (Å²) >= 11 is 7.25. The lowest BCUT2D eigenvalue weighted by Crippen LogP contribution is -2.30. The van der Waals surface area contributed by atoms with Crippen molar-refractivity contribution in [1.82, 2.24) is 9.88 Å². The number of amides is 1. The van der Waals surface area contributed by atoms with Crippen LogP contribution in [0.4, 0.5) is 0 Å². The van der Waals surface area contributed by atoms with E-state index in [-0.39, 0.29) is 18.4 Å². The molecule has 7 heteroatoms. The summed E-state index contributed by atoms with van der Waals surface area (Å²) < 4.78 is 0. The van der Waals surface area contributed by atoms with Crippen molar-refractivity contribution in [3.05, 3.63) is 40.4 Å². The number of nitrogens with zero attached hydrogens (tertiary/aromatic N) is 2. The molecule has 0 spiro atoms. The number of carbonyl (C=O) groups excluding carboxylic acids is 1. The zero-order valence-electron chi connectivity index (χ0n) is 12.4. The zero-order valence-corrected chi connectivity index (χ0v) is 14.0. The predicted molar refractivity (Wildman–Crippen MR) is 88.8 cm³/mol. The second-order valence-corrected chi connectivity index (χ2v) is 6.97. The van der Waals surface area contributed by atoms with Crippen LogP contribution >= 0.6 is 22.9 Å². The highest BCUT2D eigenvalue weighted by molar-refractivity contribution is 7.13. The molecule has 0 radical (unpaired) electrons. The Bertz CT molecular complexity index is 744. The summed E-state index contributed by atoms with van der Waals surface area (Å²) in [4.78, 5) is 29.6. The first-order valence-corrected chi connectivity index (χ1v) is 8.45. The number of likely N-dealkylation sites (tertiary alicyclic amines) is 1. The van der Waals surface area contributed by atoms with Crippen LogP contribution in [0.2, 0.25) is 5.02 Å². The van der Waals surface area contributed by atoms with Gasteiger partial charge in [-0.05, 0) is 18.1 Å². The maximum absolute atomic E-state index is 12.5. The number of halogens is 1. The number of carboxylic acid groups (broad SMARTS) is 1. The molecule has 1 saturated heterocycles. The third-order valence-electron chi connectivity index (χ3n) is 4.03. The molecule has 3 rings (SSSR count). The minimum absolute atomic E-state index is 0.0502. The molecule has 2 atom stereocenters. The lowest BCUT2D eigenvalue weighted by Gasteiger charge is -2.13. The van der Waals surface area contributed by atoms with Crippen molar-refractivity contribution in [3.8, 4) is 10.6 Å². The van der Waals surface area contributed by atoms with Crippen LogP contribution in [0, 0.1) is 11.8 Å². The van der Waals surface area contributed by atoms with Crippen molar-refractivity contribution in [2.75, 3.05) is 13.1 Å². The van der Waals surface area contributed by atoms with E-state index in [4.69, 9.17) is 16.7 Å². The second kappa shape index (κ2) is 6.29. The van der Waals surface area contributed by atoms with Gasteiger partial charge in [-0.25, -0.2) is 4.98 Å². The predicted octanol–water partition coefficient (Wildman–Crippen LogP) is 3.26. The largest absolute Gasteiger partial charge is 0.481 e. The summed E-state index contributed by atoms with van der Waals surface area (Å²) in [7, 11) is 0. The van der Waals surface area contributed by atoms with Crippen LogP contribution in [0.3, 0.4) is 0 Å². The molecule has 1 aliphatic heterocycles. The van der Waals surface area contributed by atoms with Gasteiger partial charge in [0, 0.05) is 29.1 Å². The molecule has 1 aromatic carbocycles. The first-order valence-electron chi connectivity index (χ1n) is 7.19. The van der Waals surface area contributed by atoms with E-state index < -0.39 is 11.9 Å². The number of aliphatic carboxylic acids is 1. The van der Waals surface area contributed by atoms with E-state index in [0.29, 0.717) is 17.3 Å². The fourth-order valence-electron chi connectivity index (χ4n) is 2.71. The normalized spacial score (nSPS) is 20.7. The topological polar surface area (TPSA) is 70.5 Å². The van der Waals surface area contributed by atoms with Gasteiger partial charge in [0.2, 0.25) is 0 Å². The highest BCUT2D eigenvalue weighted by Gasteiger charge is 2.37. The highest BCUT2D eigenvalue weighted by Crippen LogP contribution is 2.28. The van der Waals surface area contributed by atoms with E-state index in [9.17, 15) is 9.59 Å². The van der Waals surface area contributed by atoms with Crippen molar-refractivity contribution >= 4 is 34.8 Å². The molecule has 0 bridgehead atoms. The molecule has 1 N–H and O–H groups in total. The third-order valence-corrected chi connectivity index (χ3v) is 5.17. The Balaban J connectivity index is 1.77. The number of hydrogen-bond acceptors (Lipinski definition) is 4. The summed E-state index contributed by atoms with van der Waals surface area (Å²) in [5.41, 5.74) is 1.26. The first kappa shape index (κ1) is 16.0. The van der Waals surface area contributed by atoms with Crippen molar-refractivity contribution in [1.29, 1.82) is 0 Å². The molecule has 5 nitrogen and oxygen atoms in total. The minimum atomic E-state index is -0.854. The van der Waals surface area contributed by atoms with E-state index in [1.807, 2.05) is 19.1 Å². The smallest absolute Gasteiger partial charge is 0.308 e. The summed E-state index contributed by atoms with van der Waals surface area (Å²) in [5, 5.41) is 12.3. The Morgan fingerprint density at radius 1 is 1.30 bits per heavy atom. The van der Waals surface area contributed by atoms with Gasteiger partial charge in [0.1, 0.15) is 10.7 Å². The number of carboxylic acids is 1. The summed E-state index contributed by atoms with van der Waals surface area (Å²) in [6, 6.07) is 7.26. The molecule has 23 heavy (non-hydrogen) atoms. The number of rotatable bonds is 3. The average Bonchev–Trinajstić information content (AvgIpc) is 3.14. The van der Waals surface area contributed by atoms with Gasteiger partial charge in [0.15, 0.2) is 0 Å². The Labute approximate surface area is 142 Å². The Kier molecular flexibility index (Phi) is 4.37. The van der Waals surface area contributed by atoms with Gasteiger partial charge in [0.25, 0.3) is 5.91 Å². The SMILES string of the molecule is C[C@@H]1CN(C(=O)c2csc(-c3ccc(Cl)cc3)n2)C[C@H]1C(=O)O. The monoisotopic (exact) mass is 350 g/mol. The van der Waals surface area contributed by atoms with E-state index in [1.54, 1.807) is 22.4 Å². The quantitative estimate of drug-likeness (QED) is 0.922. The van der Waals surface area contributed by atoms with Crippen molar-refractivity contribution in [2.45, 2.75) is 6.92 Å². The molecule has 1 amide bonds. The first-order chi connectivity index (χ1) is 11.0. The number of carbonyl (C=O) groups is 2. The highest BCUT2D eigenvalue weighted by atomic mass is 35.5. The standard InChI is InChI=1S/C16H15ClN2O3S/c1-9-6-19(7-12(9)16(21)22)15(20)13-8-23-14(18-13)10-2-4-11(17)5-3-10/h2-5,8-9,12H,6-7H2,1H3,(H,21,22)/t9-,12-/m1/s1. The third kappa shape index (κ3) is 3.23. The maximum atomic E-state index is 12.5. The Morgan fingerprint density at radius 2 is 2.00 bits per heavy atom. The summed E-state index contributed by atoms with van der Waals surface area (Å²) in [5.74, 6) is -1.62. The van der Waals surface area contributed by atoms with Crippen LogP contribution in [-0.2, 0) is 4.79 Å². The number of thiazole rings is 1. The molecule has 1 aromatic heterocycles. The van der Waals surface area contributed by atoms with Gasteiger partial charge < -0.3 is 10.0 Å². The van der Waals surface area contributed by atoms with Gasteiger partial charge in [-0.2, -0.15) is 0 Å². The number of hydrogen-bond donors (Lipinski definition) is 1. The maximum Gasteiger partial charge on any atom is 0.308 e. The van der Waals surface area contributed by atoms with Gasteiger partial charge >= 0.3 is 5.97 Å². The Hall–Kier alpha value is -1.92. The number of aromatic nitrogens is 1. The number of benzene rings is 1. The van der Waals surface area contributed by atoms with Crippen LogP contribution in [0.5, 0.6) is 0 Å². The van der Waals surface area contributed by atoms with Gasteiger partial charge in [0.05, 0.1) is 5.92 Å². The molecular formula is C16H15ClN2O3S. The molecular weight excluding hydrogens is 336 g/mol. The van der Waals surface area contributed by atoms with E-state index in [2.05, 4.69) is 4.98 Å². The van der Waals surface area contributed by atoms with Crippen molar-refractivity contribution < 1.29 is 14.7 Å². The molecule has 0 unspecified atom stereocenters. The van der Waals surface area contributed by atoms with Gasteiger partial charge in [-0.1, -0.05) is 30.7 Å². The Morgan fingerprint density at radius 3 is 2.61 bits per heavy atom. The minimum Gasteiger partial charge on any atom is -0.481 e. The van der Waals surface area contributed by atoms with Gasteiger partial charge in [-0.15, -0.1) is 11.3 Å². The van der Waals surface area contributed by atoms with Crippen molar-refractivity contribution in [2.24, 2.45) is 11.8 Å². The average molecular weight is 351 g/mol. The molecule has 2 heterocycles. The van der Waals surface area contributed by atoms with Crippen LogP contribution in [-0.4, -0.2) is 40.0 Å². The summed E-state index contributed by atoms with van der Waals surface area (Å²) in [6.07, 6.45) is 0. The summed E-state index contributed by atoms with van der Waals surface area (Å²) in [6.45, 7) is 2.54. The van der Waals surface area contributed by atoms with E-state index in [1.165, 1.54) is 11.3 Å². The lowest BCUT2D eigenvalue weighted by atomic mass is 9.99. The van der Waals surface area contributed by atoms with Crippen LogP contribution in [0.15, 0.2) is 29.6 Å².